The van der Waals surface area contributed by atoms with Gasteiger partial charge in [0.25, 0.3) is 0 Å². The first-order valence-electron chi connectivity index (χ1n) is 28.7. The first-order valence-corrected chi connectivity index (χ1v) is 30.2. The molecule has 0 aromatic rings. The number of carbonyl (C=O) groups excluding carboxylic acids is 1. The Balaban J connectivity index is 3.74. The maximum atomic E-state index is 12.9. The van der Waals surface area contributed by atoms with Crippen molar-refractivity contribution in [3.05, 3.63) is 24.3 Å². The van der Waals surface area contributed by atoms with Crippen molar-refractivity contribution in [2.75, 3.05) is 40.9 Å². The summed E-state index contributed by atoms with van der Waals surface area (Å²) in [6.07, 6.45) is 61.5. The van der Waals surface area contributed by atoms with Crippen LogP contribution in [-0.2, 0) is 18.4 Å². The van der Waals surface area contributed by atoms with E-state index in [1.807, 2.05) is 21.1 Å². The maximum absolute atomic E-state index is 12.9. The van der Waals surface area contributed by atoms with E-state index in [0.717, 1.165) is 44.9 Å². The van der Waals surface area contributed by atoms with Crippen LogP contribution in [0.2, 0.25) is 0 Å². The Morgan fingerprint density at radius 2 is 0.864 bits per heavy atom. The normalized spacial score (nSPS) is 14.1. The lowest BCUT2D eigenvalue weighted by Crippen LogP contribution is -2.46. The molecule has 3 atom stereocenters. The van der Waals surface area contributed by atoms with Gasteiger partial charge >= 0.3 is 7.82 Å². The second-order valence-electron chi connectivity index (χ2n) is 21.0. The van der Waals surface area contributed by atoms with Crippen molar-refractivity contribution < 1.29 is 32.9 Å². The highest BCUT2D eigenvalue weighted by Crippen LogP contribution is 2.43. The Bertz CT molecular complexity index is 1130. The van der Waals surface area contributed by atoms with E-state index in [1.165, 1.54) is 212 Å². The van der Waals surface area contributed by atoms with Crippen molar-refractivity contribution in [1.29, 1.82) is 0 Å². The number of rotatable bonds is 53. The Labute approximate surface area is 411 Å². The fraction of sp³-hybridized carbons (Fsp3) is 0.912. The smallest absolute Gasteiger partial charge is 0.391 e. The molecule has 0 fully saturated rings. The van der Waals surface area contributed by atoms with Crippen molar-refractivity contribution in [3.8, 4) is 0 Å². The predicted molar refractivity (Wildman–Crippen MR) is 286 cm³/mol. The van der Waals surface area contributed by atoms with E-state index in [1.54, 1.807) is 0 Å². The van der Waals surface area contributed by atoms with Crippen molar-refractivity contribution in [1.82, 2.24) is 5.32 Å². The van der Waals surface area contributed by atoms with Crippen LogP contribution in [0.5, 0.6) is 0 Å². The monoisotopic (exact) mass is 954 g/mol. The van der Waals surface area contributed by atoms with Crippen LogP contribution in [0.1, 0.15) is 284 Å². The predicted octanol–water partition coefficient (Wildman–Crippen LogP) is 17.2. The number of carbonyl (C=O) groups is 1. The molecule has 8 nitrogen and oxygen atoms in total. The number of unbranched alkanes of at least 4 members (excludes halogenated alkanes) is 36. The Morgan fingerprint density at radius 1 is 0.515 bits per heavy atom. The summed E-state index contributed by atoms with van der Waals surface area (Å²) in [5.74, 6) is -0.144. The summed E-state index contributed by atoms with van der Waals surface area (Å²) in [6.45, 7) is 4.85. The topological polar surface area (TPSA) is 105 Å². The average Bonchev–Trinajstić information content (AvgIpc) is 3.28. The molecule has 3 N–H and O–H groups in total. The number of phosphoric ester groups is 1. The Morgan fingerprint density at radius 3 is 1.24 bits per heavy atom. The quantitative estimate of drug-likeness (QED) is 0.0243. The number of hydrogen-bond acceptors (Lipinski definition) is 5. The van der Waals surface area contributed by atoms with Crippen molar-refractivity contribution in [2.45, 2.75) is 296 Å². The van der Waals surface area contributed by atoms with Crippen LogP contribution in [0, 0.1) is 0 Å². The zero-order valence-electron chi connectivity index (χ0n) is 44.7. The molecule has 0 saturated carbocycles. The SMILES string of the molecule is CCCCCCC/C=C\C/C=C\CCCCCCCCCCCCCCCCCCCCCCCCCCCC(=O)NC(COP(=O)(O)OCC[N+](C)(C)C)C(O)CCCCCCCCC. The Kier molecular flexibility index (Phi) is 48.2. The fourth-order valence-corrected chi connectivity index (χ4v) is 9.40. The van der Waals surface area contributed by atoms with Gasteiger partial charge in [0.05, 0.1) is 39.9 Å². The van der Waals surface area contributed by atoms with Gasteiger partial charge in [-0.05, 0) is 44.9 Å². The standard InChI is InChI=1S/C57H113N2O6P/c1-6-8-10-12-14-15-16-17-18-19-20-21-22-23-24-25-26-27-28-29-30-31-32-33-34-35-36-37-38-39-40-41-42-43-45-47-49-51-57(61)58-55(56(60)50-48-46-44-13-11-9-7-2)54-65-66(62,63)64-53-52-59(3,4)5/h16-17,19-20,55-56,60H,6-15,18,21-54H2,1-5H3,(H-,58,61,62,63)/p+1/b17-16-,20-19-. The highest BCUT2D eigenvalue weighted by atomic mass is 31.2. The largest absolute Gasteiger partial charge is 0.472 e. The molecular weight excluding hydrogens is 840 g/mol. The van der Waals surface area contributed by atoms with E-state index in [4.69, 9.17) is 9.05 Å². The van der Waals surface area contributed by atoms with Crippen LogP contribution >= 0.6 is 7.82 Å². The minimum Gasteiger partial charge on any atom is -0.391 e. The minimum absolute atomic E-state index is 0.0766. The second kappa shape index (κ2) is 49.0. The summed E-state index contributed by atoms with van der Waals surface area (Å²) in [4.78, 5) is 23.1. The molecule has 66 heavy (non-hydrogen) atoms. The van der Waals surface area contributed by atoms with Gasteiger partial charge in [0.2, 0.25) is 5.91 Å². The number of phosphoric acid groups is 1. The van der Waals surface area contributed by atoms with Gasteiger partial charge in [-0.3, -0.25) is 13.8 Å². The molecule has 0 aromatic heterocycles. The maximum Gasteiger partial charge on any atom is 0.472 e. The molecule has 0 aliphatic carbocycles. The third-order valence-electron chi connectivity index (χ3n) is 13.2. The number of amides is 1. The molecule has 3 unspecified atom stereocenters. The van der Waals surface area contributed by atoms with Crippen LogP contribution in [0.3, 0.4) is 0 Å². The zero-order valence-corrected chi connectivity index (χ0v) is 45.6. The molecule has 392 valence electrons. The van der Waals surface area contributed by atoms with Gasteiger partial charge in [0.15, 0.2) is 0 Å². The molecule has 9 heteroatoms. The number of aliphatic hydroxyl groups is 1. The number of allylic oxidation sites excluding steroid dienone is 4. The fourth-order valence-electron chi connectivity index (χ4n) is 8.67. The molecule has 0 aliphatic rings. The Hall–Kier alpha value is -1.02. The molecule has 0 saturated heterocycles. The summed E-state index contributed by atoms with van der Waals surface area (Å²) >= 11 is 0. The second-order valence-corrected chi connectivity index (χ2v) is 22.5. The number of nitrogens with zero attached hydrogens (tertiary/aromatic N) is 1. The van der Waals surface area contributed by atoms with Gasteiger partial charge in [0.1, 0.15) is 13.2 Å². The van der Waals surface area contributed by atoms with E-state index >= 15 is 0 Å². The van der Waals surface area contributed by atoms with Crippen LogP contribution in [-0.4, -0.2) is 73.4 Å². The number of quaternary nitrogens is 1. The number of aliphatic hydroxyl groups excluding tert-OH is 1. The summed E-state index contributed by atoms with van der Waals surface area (Å²) in [7, 11) is 1.62. The summed E-state index contributed by atoms with van der Waals surface area (Å²) < 4.78 is 23.6. The van der Waals surface area contributed by atoms with Crippen LogP contribution in [0.25, 0.3) is 0 Å². The molecule has 1 amide bonds. The highest BCUT2D eigenvalue weighted by Gasteiger charge is 2.28. The first kappa shape index (κ1) is 65.0. The summed E-state index contributed by atoms with van der Waals surface area (Å²) in [5.41, 5.74) is 0. The van der Waals surface area contributed by atoms with Crippen molar-refractivity contribution in [3.63, 3.8) is 0 Å². The zero-order chi connectivity index (χ0) is 48.5. The van der Waals surface area contributed by atoms with Gasteiger partial charge in [-0.15, -0.1) is 0 Å². The van der Waals surface area contributed by atoms with Crippen LogP contribution in [0.4, 0.5) is 0 Å². The molecule has 0 aromatic carbocycles. The third kappa shape index (κ3) is 50.8. The van der Waals surface area contributed by atoms with E-state index in [2.05, 4.69) is 43.5 Å². The molecule has 0 radical (unpaired) electrons. The van der Waals surface area contributed by atoms with Gasteiger partial charge < -0.3 is 19.8 Å². The lowest BCUT2D eigenvalue weighted by atomic mass is 10.0. The molecule has 0 aliphatic heterocycles. The van der Waals surface area contributed by atoms with E-state index < -0.39 is 20.0 Å². The number of nitrogens with one attached hydrogen (secondary N) is 1. The highest BCUT2D eigenvalue weighted by molar-refractivity contribution is 7.47. The van der Waals surface area contributed by atoms with E-state index in [9.17, 15) is 19.4 Å². The number of hydrogen-bond donors (Lipinski definition) is 3. The minimum atomic E-state index is -4.30. The van der Waals surface area contributed by atoms with Gasteiger partial charge in [-0.1, -0.05) is 256 Å². The van der Waals surface area contributed by atoms with E-state index in [-0.39, 0.29) is 19.1 Å². The molecular formula is C57H114N2O6P+. The van der Waals surface area contributed by atoms with Crippen molar-refractivity contribution >= 4 is 13.7 Å². The van der Waals surface area contributed by atoms with Crippen molar-refractivity contribution in [2.24, 2.45) is 0 Å². The lowest BCUT2D eigenvalue weighted by molar-refractivity contribution is -0.870. The number of likely N-dealkylation sites (N-methyl/N-ethyl adjacent to an activating group) is 1. The molecule has 0 heterocycles. The molecule has 0 spiro atoms. The lowest BCUT2D eigenvalue weighted by Gasteiger charge is -2.26. The molecule has 0 bridgehead atoms. The average molecular weight is 955 g/mol. The van der Waals surface area contributed by atoms with Crippen LogP contribution in [0.15, 0.2) is 24.3 Å². The third-order valence-corrected chi connectivity index (χ3v) is 14.2. The van der Waals surface area contributed by atoms with Gasteiger partial charge in [-0.25, -0.2) is 4.57 Å². The summed E-state index contributed by atoms with van der Waals surface area (Å²) in [6, 6.07) is -0.754. The van der Waals surface area contributed by atoms with E-state index in [0.29, 0.717) is 23.9 Å². The van der Waals surface area contributed by atoms with Gasteiger partial charge in [-0.2, -0.15) is 0 Å². The first-order chi connectivity index (χ1) is 32.0. The summed E-state index contributed by atoms with van der Waals surface area (Å²) in [5, 5.41) is 13.9. The molecule has 0 rings (SSSR count). The van der Waals surface area contributed by atoms with Crippen LogP contribution < -0.4 is 5.32 Å². The van der Waals surface area contributed by atoms with Gasteiger partial charge in [0, 0.05) is 6.42 Å².